The van der Waals surface area contributed by atoms with Gasteiger partial charge in [-0.1, -0.05) is 19.9 Å². The topological polar surface area (TPSA) is 35.2 Å². The molecule has 2 heteroatoms. The van der Waals surface area contributed by atoms with Gasteiger partial charge in [-0.15, -0.1) is 0 Å². The van der Waals surface area contributed by atoms with Gasteiger partial charge in [0.2, 0.25) is 0 Å². The van der Waals surface area contributed by atoms with Gasteiger partial charge in [0.15, 0.2) is 0 Å². The first-order valence-corrected chi connectivity index (χ1v) is 4.62. The number of hydrogen-bond acceptors (Lipinski definition) is 2. The van der Waals surface area contributed by atoms with E-state index < -0.39 is 0 Å². The number of anilines is 1. The SMILES string of the molecule is CC[C@H](C)c1ccc(OC)c(N)c1. The first-order valence-electron chi connectivity index (χ1n) is 4.62. The molecule has 0 aliphatic rings. The second-order valence-corrected chi connectivity index (χ2v) is 3.31. The van der Waals surface area contributed by atoms with Crippen molar-refractivity contribution in [2.75, 3.05) is 12.8 Å². The summed E-state index contributed by atoms with van der Waals surface area (Å²) in [7, 11) is 1.63. The molecule has 0 saturated heterocycles. The first kappa shape index (κ1) is 9.90. The zero-order valence-electron chi connectivity index (χ0n) is 8.50. The van der Waals surface area contributed by atoms with Gasteiger partial charge >= 0.3 is 0 Å². The maximum Gasteiger partial charge on any atom is 0.141 e. The van der Waals surface area contributed by atoms with Crippen LogP contribution in [0.3, 0.4) is 0 Å². The van der Waals surface area contributed by atoms with Gasteiger partial charge in [0, 0.05) is 0 Å². The lowest BCUT2D eigenvalue weighted by Crippen LogP contribution is -1.96. The summed E-state index contributed by atoms with van der Waals surface area (Å²) in [6.07, 6.45) is 1.13. The second kappa shape index (κ2) is 4.17. The summed E-state index contributed by atoms with van der Waals surface area (Å²) in [5, 5.41) is 0. The molecule has 13 heavy (non-hydrogen) atoms. The molecule has 0 heterocycles. The van der Waals surface area contributed by atoms with Crippen LogP contribution in [-0.4, -0.2) is 7.11 Å². The standard InChI is InChI=1S/C11H17NO/c1-4-8(2)9-5-6-11(13-3)10(12)7-9/h5-8H,4,12H2,1-3H3/t8-/m0/s1. The maximum absolute atomic E-state index is 5.80. The highest BCUT2D eigenvalue weighted by Crippen LogP contribution is 2.27. The van der Waals surface area contributed by atoms with Crippen molar-refractivity contribution in [3.05, 3.63) is 23.8 Å². The van der Waals surface area contributed by atoms with E-state index in [0.717, 1.165) is 17.9 Å². The molecule has 2 nitrogen and oxygen atoms in total. The summed E-state index contributed by atoms with van der Waals surface area (Å²) in [5.41, 5.74) is 7.80. The Morgan fingerprint density at radius 1 is 1.46 bits per heavy atom. The minimum absolute atomic E-state index is 0.563. The van der Waals surface area contributed by atoms with Crippen LogP contribution in [-0.2, 0) is 0 Å². The van der Waals surface area contributed by atoms with Gasteiger partial charge in [0.05, 0.1) is 12.8 Å². The summed E-state index contributed by atoms with van der Waals surface area (Å²) in [4.78, 5) is 0. The van der Waals surface area contributed by atoms with Gasteiger partial charge < -0.3 is 10.5 Å². The number of benzene rings is 1. The molecule has 72 valence electrons. The molecule has 0 aliphatic carbocycles. The molecular weight excluding hydrogens is 162 g/mol. The number of methoxy groups -OCH3 is 1. The molecule has 1 aromatic rings. The Morgan fingerprint density at radius 3 is 2.62 bits per heavy atom. The van der Waals surface area contributed by atoms with Gasteiger partial charge in [0.25, 0.3) is 0 Å². The summed E-state index contributed by atoms with van der Waals surface area (Å²) in [6.45, 7) is 4.37. The third kappa shape index (κ3) is 2.14. The molecule has 0 amide bonds. The van der Waals surface area contributed by atoms with Crippen molar-refractivity contribution in [2.45, 2.75) is 26.2 Å². The van der Waals surface area contributed by atoms with Gasteiger partial charge in [0.1, 0.15) is 5.75 Å². The van der Waals surface area contributed by atoms with Crippen LogP contribution in [0.4, 0.5) is 5.69 Å². The normalized spacial score (nSPS) is 12.5. The minimum Gasteiger partial charge on any atom is -0.495 e. The zero-order valence-corrected chi connectivity index (χ0v) is 8.50. The molecule has 0 fully saturated rings. The monoisotopic (exact) mass is 179 g/mol. The minimum atomic E-state index is 0.563. The number of rotatable bonds is 3. The number of hydrogen-bond donors (Lipinski definition) is 1. The van der Waals surface area contributed by atoms with Crippen LogP contribution in [0.15, 0.2) is 18.2 Å². The van der Waals surface area contributed by atoms with E-state index >= 15 is 0 Å². The smallest absolute Gasteiger partial charge is 0.141 e. The highest BCUT2D eigenvalue weighted by molar-refractivity contribution is 5.54. The molecule has 0 radical (unpaired) electrons. The molecule has 0 spiro atoms. The molecule has 0 aliphatic heterocycles. The van der Waals surface area contributed by atoms with Crippen LogP contribution in [0.2, 0.25) is 0 Å². The van der Waals surface area contributed by atoms with Crippen LogP contribution < -0.4 is 10.5 Å². The van der Waals surface area contributed by atoms with Gasteiger partial charge in [-0.05, 0) is 30.0 Å². The fourth-order valence-corrected chi connectivity index (χ4v) is 1.30. The molecule has 0 bridgehead atoms. The van der Waals surface area contributed by atoms with Gasteiger partial charge in [-0.2, -0.15) is 0 Å². The number of nitrogen functional groups attached to an aromatic ring is 1. The molecule has 1 rings (SSSR count). The maximum atomic E-state index is 5.80. The van der Waals surface area contributed by atoms with Crippen LogP contribution in [0.5, 0.6) is 5.75 Å². The summed E-state index contributed by atoms with van der Waals surface area (Å²) >= 11 is 0. The Labute approximate surface area is 79.7 Å². The quantitative estimate of drug-likeness (QED) is 0.724. The third-order valence-electron chi connectivity index (χ3n) is 2.44. The highest BCUT2D eigenvalue weighted by Gasteiger charge is 2.05. The van der Waals surface area contributed by atoms with Crippen LogP contribution in [0, 0.1) is 0 Å². The van der Waals surface area contributed by atoms with E-state index in [4.69, 9.17) is 10.5 Å². The molecule has 2 N–H and O–H groups in total. The molecule has 0 aromatic heterocycles. The Hall–Kier alpha value is -1.18. The molecule has 0 unspecified atom stereocenters. The van der Waals surface area contributed by atoms with Crippen LogP contribution in [0.25, 0.3) is 0 Å². The number of ether oxygens (including phenoxy) is 1. The Kier molecular flexibility index (Phi) is 3.18. The van der Waals surface area contributed by atoms with Crippen molar-refractivity contribution in [2.24, 2.45) is 0 Å². The molecule has 0 saturated carbocycles. The predicted molar refractivity (Wildman–Crippen MR) is 56.1 cm³/mol. The fourth-order valence-electron chi connectivity index (χ4n) is 1.30. The van der Waals surface area contributed by atoms with Crippen molar-refractivity contribution in [3.63, 3.8) is 0 Å². The third-order valence-corrected chi connectivity index (χ3v) is 2.44. The van der Waals surface area contributed by atoms with Crippen LogP contribution in [0.1, 0.15) is 31.7 Å². The fraction of sp³-hybridized carbons (Fsp3) is 0.455. The summed E-state index contributed by atoms with van der Waals surface area (Å²) in [6, 6.07) is 5.99. The molecule has 1 atom stereocenters. The average molecular weight is 179 g/mol. The Bertz CT molecular complexity index is 283. The van der Waals surface area contributed by atoms with Crippen molar-refractivity contribution >= 4 is 5.69 Å². The average Bonchev–Trinajstić information content (AvgIpc) is 2.16. The highest BCUT2D eigenvalue weighted by atomic mass is 16.5. The van der Waals surface area contributed by atoms with Crippen molar-refractivity contribution < 1.29 is 4.74 Å². The van der Waals surface area contributed by atoms with Gasteiger partial charge in [-0.3, -0.25) is 0 Å². The largest absolute Gasteiger partial charge is 0.495 e. The lowest BCUT2D eigenvalue weighted by atomic mass is 9.98. The van der Waals surface area contributed by atoms with E-state index in [-0.39, 0.29) is 0 Å². The molecule has 1 aromatic carbocycles. The summed E-state index contributed by atoms with van der Waals surface area (Å²) in [5.74, 6) is 1.32. The first-order chi connectivity index (χ1) is 6.19. The van der Waals surface area contributed by atoms with Gasteiger partial charge in [-0.25, -0.2) is 0 Å². The zero-order chi connectivity index (χ0) is 9.84. The van der Waals surface area contributed by atoms with E-state index in [1.54, 1.807) is 7.11 Å². The Balaban J connectivity index is 2.95. The van der Waals surface area contributed by atoms with Crippen LogP contribution >= 0.6 is 0 Å². The second-order valence-electron chi connectivity index (χ2n) is 3.31. The summed E-state index contributed by atoms with van der Waals surface area (Å²) < 4.78 is 5.09. The van der Waals surface area contributed by atoms with Crippen molar-refractivity contribution in [1.82, 2.24) is 0 Å². The lowest BCUT2D eigenvalue weighted by Gasteiger charge is -2.11. The number of nitrogens with two attached hydrogens (primary N) is 1. The van der Waals surface area contributed by atoms with Crippen molar-refractivity contribution in [1.29, 1.82) is 0 Å². The van der Waals surface area contributed by atoms with E-state index in [2.05, 4.69) is 19.9 Å². The predicted octanol–water partition coefficient (Wildman–Crippen LogP) is 2.79. The van der Waals surface area contributed by atoms with E-state index in [0.29, 0.717) is 5.92 Å². The Morgan fingerprint density at radius 2 is 2.15 bits per heavy atom. The molecular formula is C11H17NO. The van der Waals surface area contributed by atoms with E-state index in [1.807, 2.05) is 12.1 Å². The van der Waals surface area contributed by atoms with Crippen molar-refractivity contribution in [3.8, 4) is 5.75 Å². The van der Waals surface area contributed by atoms with E-state index in [1.165, 1.54) is 5.56 Å². The lowest BCUT2D eigenvalue weighted by molar-refractivity contribution is 0.416. The van der Waals surface area contributed by atoms with E-state index in [9.17, 15) is 0 Å².